The first-order chi connectivity index (χ1) is 10.0. The van der Waals surface area contributed by atoms with Gasteiger partial charge in [0.05, 0.1) is 23.9 Å². The van der Waals surface area contributed by atoms with Gasteiger partial charge in [0.25, 0.3) is 11.5 Å². The molecule has 108 valence electrons. The number of ether oxygens (including phenoxy) is 1. The number of hydrogen-bond donors (Lipinski definition) is 3. The fourth-order valence-corrected chi connectivity index (χ4v) is 1.71. The van der Waals surface area contributed by atoms with E-state index in [2.05, 4.69) is 15.0 Å². The molecule has 21 heavy (non-hydrogen) atoms. The van der Waals surface area contributed by atoms with E-state index in [1.165, 1.54) is 19.2 Å². The minimum atomic E-state index is -0.667. The molecule has 0 spiro atoms. The van der Waals surface area contributed by atoms with Gasteiger partial charge in [0.2, 0.25) is 0 Å². The summed E-state index contributed by atoms with van der Waals surface area (Å²) in [7, 11) is 1.23. The number of carbonyl (C=O) groups is 2. The molecule has 1 aromatic carbocycles. The average molecular weight is 288 g/mol. The number of aromatic amines is 1. The van der Waals surface area contributed by atoms with Crippen molar-refractivity contribution >= 4 is 17.6 Å². The lowest BCUT2D eigenvalue weighted by Gasteiger charge is -2.10. The van der Waals surface area contributed by atoms with E-state index in [4.69, 9.17) is 0 Å². The molecule has 0 atom stereocenters. The molecule has 1 amide bonds. The molecule has 0 radical (unpaired) electrons. The van der Waals surface area contributed by atoms with Gasteiger partial charge in [-0.1, -0.05) is 12.1 Å². The molecule has 0 aliphatic rings. The number of para-hydroxylation sites is 1. The Morgan fingerprint density at radius 1 is 1.24 bits per heavy atom. The quantitative estimate of drug-likeness (QED) is 0.733. The van der Waals surface area contributed by atoms with Crippen molar-refractivity contribution in [3.63, 3.8) is 0 Å². The number of amides is 1. The third kappa shape index (κ3) is 3.08. The van der Waals surface area contributed by atoms with Crippen molar-refractivity contribution in [3.8, 4) is 5.75 Å². The zero-order valence-corrected chi connectivity index (χ0v) is 11.0. The van der Waals surface area contributed by atoms with Crippen LogP contribution in [0.1, 0.15) is 20.7 Å². The highest BCUT2D eigenvalue weighted by Crippen LogP contribution is 2.19. The van der Waals surface area contributed by atoms with Crippen LogP contribution in [0.2, 0.25) is 0 Å². The van der Waals surface area contributed by atoms with Crippen LogP contribution in [-0.2, 0) is 4.74 Å². The summed E-state index contributed by atoms with van der Waals surface area (Å²) in [6.45, 7) is 0. The van der Waals surface area contributed by atoms with Crippen molar-refractivity contribution in [2.24, 2.45) is 0 Å². The highest BCUT2D eigenvalue weighted by atomic mass is 16.5. The van der Waals surface area contributed by atoms with Crippen molar-refractivity contribution in [2.75, 3.05) is 12.4 Å². The second-order valence-corrected chi connectivity index (χ2v) is 4.09. The monoisotopic (exact) mass is 288 g/mol. The third-order valence-corrected chi connectivity index (χ3v) is 2.73. The van der Waals surface area contributed by atoms with E-state index in [1.54, 1.807) is 12.1 Å². The van der Waals surface area contributed by atoms with Crippen LogP contribution in [0, 0.1) is 0 Å². The van der Waals surface area contributed by atoms with Crippen LogP contribution in [0.5, 0.6) is 5.75 Å². The van der Waals surface area contributed by atoms with Crippen LogP contribution in [-0.4, -0.2) is 29.1 Å². The standard InChI is InChI=1S/C14H12N2O5/c1-21-14(20)8-4-2-3-5-10(8)16-13(19)9-7-15-12(18)6-11(9)17/h2-7H,1H3,(H,16,19)(H2,15,17,18). The van der Waals surface area contributed by atoms with Gasteiger partial charge in [-0.25, -0.2) is 4.79 Å². The Hall–Kier alpha value is -3.09. The van der Waals surface area contributed by atoms with Crippen LogP contribution in [0.4, 0.5) is 5.69 Å². The van der Waals surface area contributed by atoms with Crippen molar-refractivity contribution < 1.29 is 19.4 Å². The number of anilines is 1. The minimum absolute atomic E-state index is 0.116. The van der Waals surface area contributed by atoms with Crippen molar-refractivity contribution in [1.82, 2.24) is 4.98 Å². The van der Waals surface area contributed by atoms with Crippen LogP contribution in [0.25, 0.3) is 0 Å². The molecule has 0 unspecified atom stereocenters. The summed E-state index contributed by atoms with van der Waals surface area (Å²) >= 11 is 0. The maximum atomic E-state index is 12.1. The fraction of sp³-hybridized carbons (Fsp3) is 0.0714. The normalized spacial score (nSPS) is 9.95. The van der Waals surface area contributed by atoms with E-state index in [9.17, 15) is 19.5 Å². The first-order valence-corrected chi connectivity index (χ1v) is 5.93. The molecular weight excluding hydrogens is 276 g/mol. The van der Waals surface area contributed by atoms with E-state index in [-0.39, 0.29) is 16.8 Å². The molecule has 7 heteroatoms. The lowest BCUT2D eigenvalue weighted by molar-refractivity contribution is 0.0602. The summed E-state index contributed by atoms with van der Waals surface area (Å²) in [6.07, 6.45) is 1.09. The zero-order chi connectivity index (χ0) is 15.4. The largest absolute Gasteiger partial charge is 0.507 e. The molecular formula is C14H12N2O5. The van der Waals surface area contributed by atoms with Gasteiger partial charge in [0, 0.05) is 12.3 Å². The first kappa shape index (κ1) is 14.3. The molecule has 0 saturated heterocycles. The van der Waals surface area contributed by atoms with E-state index < -0.39 is 23.2 Å². The Bertz CT molecular complexity index is 751. The molecule has 0 saturated carbocycles. The summed E-state index contributed by atoms with van der Waals surface area (Å²) in [4.78, 5) is 36.9. The molecule has 0 bridgehead atoms. The molecule has 0 aliphatic carbocycles. The second-order valence-electron chi connectivity index (χ2n) is 4.09. The molecule has 1 aromatic heterocycles. The Kier molecular flexibility index (Phi) is 4.03. The molecule has 1 heterocycles. The van der Waals surface area contributed by atoms with Crippen LogP contribution in [0.15, 0.2) is 41.3 Å². The van der Waals surface area contributed by atoms with Gasteiger partial charge in [0.15, 0.2) is 0 Å². The molecule has 2 aromatic rings. The highest BCUT2D eigenvalue weighted by molar-refractivity contribution is 6.09. The van der Waals surface area contributed by atoms with Crippen molar-refractivity contribution in [1.29, 1.82) is 0 Å². The SMILES string of the molecule is COC(=O)c1ccccc1NC(=O)c1c[nH]c(=O)cc1O. The number of methoxy groups -OCH3 is 1. The molecule has 0 aliphatic heterocycles. The molecule has 3 N–H and O–H groups in total. The molecule has 7 nitrogen and oxygen atoms in total. The number of rotatable bonds is 3. The number of carbonyl (C=O) groups excluding carboxylic acids is 2. The number of pyridine rings is 1. The predicted molar refractivity (Wildman–Crippen MR) is 74.5 cm³/mol. The van der Waals surface area contributed by atoms with Gasteiger partial charge in [-0.3, -0.25) is 9.59 Å². The zero-order valence-electron chi connectivity index (χ0n) is 11.0. The van der Waals surface area contributed by atoms with Crippen LogP contribution >= 0.6 is 0 Å². The second kappa shape index (κ2) is 5.91. The lowest BCUT2D eigenvalue weighted by Crippen LogP contribution is -2.17. The summed E-state index contributed by atoms with van der Waals surface area (Å²) in [6, 6.07) is 7.16. The number of benzene rings is 1. The number of esters is 1. The van der Waals surface area contributed by atoms with Crippen LogP contribution in [0.3, 0.4) is 0 Å². The summed E-state index contributed by atoms with van der Waals surface area (Å²) in [5.74, 6) is -1.72. The number of nitrogens with one attached hydrogen (secondary N) is 2. The number of aromatic hydroxyl groups is 1. The first-order valence-electron chi connectivity index (χ1n) is 5.93. The topological polar surface area (TPSA) is 108 Å². The van der Waals surface area contributed by atoms with Crippen molar-refractivity contribution in [2.45, 2.75) is 0 Å². The summed E-state index contributed by atoms with van der Waals surface area (Å²) < 4.78 is 4.62. The van der Waals surface area contributed by atoms with E-state index in [0.717, 1.165) is 12.3 Å². The number of hydrogen-bond acceptors (Lipinski definition) is 5. The average Bonchev–Trinajstić information content (AvgIpc) is 2.46. The Balaban J connectivity index is 2.32. The predicted octanol–water partition coefficient (Wildman–Crippen LogP) is 1.12. The number of H-pyrrole nitrogens is 1. The van der Waals surface area contributed by atoms with Gasteiger partial charge in [-0.15, -0.1) is 0 Å². The van der Waals surface area contributed by atoms with E-state index in [0.29, 0.717) is 0 Å². The van der Waals surface area contributed by atoms with Crippen LogP contribution < -0.4 is 10.9 Å². The smallest absolute Gasteiger partial charge is 0.339 e. The molecule has 2 rings (SSSR count). The maximum absolute atomic E-state index is 12.1. The van der Waals surface area contributed by atoms with Gasteiger partial charge in [-0.2, -0.15) is 0 Å². The number of aromatic nitrogens is 1. The lowest BCUT2D eigenvalue weighted by atomic mass is 10.1. The van der Waals surface area contributed by atoms with E-state index in [1.807, 2.05) is 0 Å². The van der Waals surface area contributed by atoms with E-state index >= 15 is 0 Å². The van der Waals surface area contributed by atoms with Gasteiger partial charge < -0.3 is 20.1 Å². The third-order valence-electron chi connectivity index (χ3n) is 2.73. The van der Waals surface area contributed by atoms with Gasteiger partial charge in [0.1, 0.15) is 5.75 Å². The molecule has 0 fully saturated rings. The Labute approximate surface area is 119 Å². The maximum Gasteiger partial charge on any atom is 0.339 e. The summed E-state index contributed by atoms with van der Waals surface area (Å²) in [5.41, 5.74) is -0.231. The van der Waals surface area contributed by atoms with Gasteiger partial charge in [-0.05, 0) is 12.1 Å². The van der Waals surface area contributed by atoms with Crippen molar-refractivity contribution in [3.05, 3.63) is 58.0 Å². The minimum Gasteiger partial charge on any atom is -0.507 e. The fourth-order valence-electron chi connectivity index (χ4n) is 1.71. The highest BCUT2D eigenvalue weighted by Gasteiger charge is 2.16. The Morgan fingerprint density at radius 2 is 1.95 bits per heavy atom. The summed E-state index contributed by atoms with van der Waals surface area (Å²) in [5, 5.41) is 12.1. The van der Waals surface area contributed by atoms with Gasteiger partial charge >= 0.3 is 5.97 Å². The Morgan fingerprint density at radius 3 is 2.62 bits per heavy atom.